The first kappa shape index (κ1) is 17.7. The van der Waals surface area contributed by atoms with Crippen molar-refractivity contribution in [2.45, 2.75) is 44.8 Å². The van der Waals surface area contributed by atoms with Gasteiger partial charge in [-0.05, 0) is 57.1 Å². The van der Waals surface area contributed by atoms with Crippen molar-refractivity contribution in [2.75, 3.05) is 39.3 Å². The van der Waals surface area contributed by atoms with Gasteiger partial charge >= 0.3 is 0 Å². The summed E-state index contributed by atoms with van der Waals surface area (Å²) >= 11 is 1.84. The summed E-state index contributed by atoms with van der Waals surface area (Å²) in [6.07, 6.45) is 5.28. The van der Waals surface area contributed by atoms with Gasteiger partial charge in [-0.3, -0.25) is 9.89 Å². The standard InChI is InChI=1S/C18H30N4OS/c1-2-19-18(20-13-15-7-5-11-23-15)21-14-16(17-8-6-12-24-17)22-9-3-4-10-22/h6,8,12,15-16H,2-5,7,9-11,13-14H2,1H3,(H2,19,20,21). The van der Waals surface area contributed by atoms with Gasteiger partial charge in [0.15, 0.2) is 5.96 Å². The van der Waals surface area contributed by atoms with E-state index in [1.165, 1.54) is 37.2 Å². The molecule has 1 aromatic heterocycles. The fourth-order valence-corrected chi connectivity index (χ4v) is 4.31. The summed E-state index contributed by atoms with van der Waals surface area (Å²) in [5, 5.41) is 8.99. The monoisotopic (exact) mass is 350 g/mol. The van der Waals surface area contributed by atoms with E-state index >= 15 is 0 Å². The Kier molecular flexibility index (Phi) is 6.93. The molecule has 2 unspecified atom stereocenters. The quantitative estimate of drug-likeness (QED) is 0.586. The van der Waals surface area contributed by atoms with Crippen LogP contribution in [0.5, 0.6) is 0 Å². The van der Waals surface area contributed by atoms with Crippen molar-refractivity contribution < 1.29 is 4.74 Å². The number of hydrogen-bond donors (Lipinski definition) is 2. The number of nitrogens with one attached hydrogen (secondary N) is 2. The molecule has 2 N–H and O–H groups in total. The summed E-state index contributed by atoms with van der Waals surface area (Å²) < 4.78 is 5.70. The second-order valence-corrected chi connectivity index (χ2v) is 7.49. The van der Waals surface area contributed by atoms with Gasteiger partial charge in [0.1, 0.15) is 0 Å². The Morgan fingerprint density at radius 3 is 2.92 bits per heavy atom. The third-order valence-corrected chi connectivity index (χ3v) is 5.71. The molecule has 2 saturated heterocycles. The zero-order valence-corrected chi connectivity index (χ0v) is 15.5. The van der Waals surface area contributed by atoms with E-state index in [4.69, 9.17) is 9.73 Å². The van der Waals surface area contributed by atoms with Crippen LogP contribution in [0.3, 0.4) is 0 Å². The molecule has 5 nitrogen and oxygen atoms in total. The average Bonchev–Trinajstić information content (AvgIpc) is 3.35. The Balaban J connectivity index is 1.60. The van der Waals surface area contributed by atoms with E-state index in [0.29, 0.717) is 12.1 Å². The molecule has 0 aromatic carbocycles. The Morgan fingerprint density at radius 1 is 1.38 bits per heavy atom. The lowest BCUT2D eigenvalue weighted by Crippen LogP contribution is -2.41. The summed E-state index contributed by atoms with van der Waals surface area (Å²) in [6, 6.07) is 4.80. The maximum absolute atomic E-state index is 5.70. The minimum Gasteiger partial charge on any atom is -0.376 e. The normalized spacial score (nSPS) is 23.5. The predicted octanol–water partition coefficient (Wildman–Crippen LogP) is 2.62. The Bertz CT molecular complexity index is 493. The van der Waals surface area contributed by atoms with E-state index in [0.717, 1.165) is 38.6 Å². The molecule has 0 spiro atoms. The van der Waals surface area contributed by atoms with Gasteiger partial charge in [-0.25, -0.2) is 0 Å². The van der Waals surface area contributed by atoms with E-state index in [1.54, 1.807) is 0 Å². The molecule has 1 aromatic rings. The number of hydrogen-bond acceptors (Lipinski definition) is 4. The number of likely N-dealkylation sites (tertiary alicyclic amines) is 1. The molecule has 2 fully saturated rings. The number of ether oxygens (including phenoxy) is 1. The molecule has 3 rings (SSSR count). The number of aliphatic imine (C=N–C) groups is 1. The lowest BCUT2D eigenvalue weighted by atomic mass is 10.2. The van der Waals surface area contributed by atoms with E-state index < -0.39 is 0 Å². The van der Waals surface area contributed by atoms with Crippen LogP contribution < -0.4 is 10.6 Å². The second-order valence-electron chi connectivity index (χ2n) is 6.51. The van der Waals surface area contributed by atoms with Gasteiger partial charge in [0.25, 0.3) is 0 Å². The van der Waals surface area contributed by atoms with Crippen molar-refractivity contribution in [3.8, 4) is 0 Å². The fraction of sp³-hybridized carbons (Fsp3) is 0.722. The molecule has 24 heavy (non-hydrogen) atoms. The first-order chi connectivity index (χ1) is 11.9. The van der Waals surface area contributed by atoms with E-state index in [-0.39, 0.29) is 0 Å². The van der Waals surface area contributed by atoms with Gasteiger partial charge in [-0.1, -0.05) is 6.07 Å². The molecule has 0 amide bonds. The van der Waals surface area contributed by atoms with E-state index in [9.17, 15) is 0 Å². The molecule has 6 heteroatoms. The molecule has 2 atom stereocenters. The summed E-state index contributed by atoms with van der Waals surface area (Å²) in [7, 11) is 0. The molecule has 2 aliphatic heterocycles. The number of guanidine groups is 1. The maximum Gasteiger partial charge on any atom is 0.191 e. The average molecular weight is 351 g/mol. The van der Waals surface area contributed by atoms with Crippen LogP contribution in [0.25, 0.3) is 0 Å². The molecule has 0 saturated carbocycles. The number of rotatable bonds is 7. The highest BCUT2D eigenvalue weighted by Crippen LogP contribution is 2.28. The summed E-state index contributed by atoms with van der Waals surface area (Å²) in [6.45, 7) is 7.93. The Hall–Kier alpha value is -1.11. The number of nitrogens with zero attached hydrogens (tertiary/aromatic N) is 2. The number of thiophene rings is 1. The van der Waals surface area contributed by atoms with Crippen LogP contribution in [0.2, 0.25) is 0 Å². The van der Waals surface area contributed by atoms with Gasteiger partial charge in [0.2, 0.25) is 0 Å². The molecular weight excluding hydrogens is 320 g/mol. The first-order valence-corrected chi connectivity index (χ1v) is 10.2. The van der Waals surface area contributed by atoms with Crippen molar-refractivity contribution in [3.05, 3.63) is 22.4 Å². The van der Waals surface area contributed by atoms with Crippen molar-refractivity contribution in [2.24, 2.45) is 4.99 Å². The van der Waals surface area contributed by atoms with Gasteiger partial charge < -0.3 is 15.4 Å². The lowest BCUT2D eigenvalue weighted by Gasteiger charge is -2.25. The predicted molar refractivity (Wildman–Crippen MR) is 101 cm³/mol. The van der Waals surface area contributed by atoms with Gasteiger partial charge in [-0.15, -0.1) is 11.3 Å². The topological polar surface area (TPSA) is 48.9 Å². The summed E-state index contributed by atoms with van der Waals surface area (Å²) in [5.41, 5.74) is 0. The maximum atomic E-state index is 5.70. The summed E-state index contributed by atoms with van der Waals surface area (Å²) in [4.78, 5) is 8.89. The van der Waals surface area contributed by atoms with E-state index in [1.807, 2.05) is 11.3 Å². The van der Waals surface area contributed by atoms with Crippen LogP contribution in [0.15, 0.2) is 22.5 Å². The highest BCUT2D eigenvalue weighted by molar-refractivity contribution is 7.10. The highest BCUT2D eigenvalue weighted by atomic mass is 32.1. The zero-order valence-electron chi connectivity index (χ0n) is 14.7. The fourth-order valence-electron chi connectivity index (χ4n) is 3.45. The van der Waals surface area contributed by atoms with Gasteiger partial charge in [0.05, 0.1) is 18.7 Å². The Morgan fingerprint density at radius 2 is 2.25 bits per heavy atom. The van der Waals surface area contributed by atoms with Crippen molar-refractivity contribution in [3.63, 3.8) is 0 Å². The minimum atomic E-state index is 0.334. The van der Waals surface area contributed by atoms with Crippen LogP contribution in [-0.2, 0) is 4.74 Å². The molecule has 0 aliphatic carbocycles. The Labute approximate surface area is 149 Å². The van der Waals surface area contributed by atoms with Gasteiger partial charge in [0, 0.05) is 24.6 Å². The first-order valence-electron chi connectivity index (χ1n) is 9.28. The summed E-state index contributed by atoms with van der Waals surface area (Å²) in [5.74, 6) is 0.911. The van der Waals surface area contributed by atoms with Gasteiger partial charge in [-0.2, -0.15) is 0 Å². The van der Waals surface area contributed by atoms with Crippen LogP contribution >= 0.6 is 11.3 Å². The molecule has 0 radical (unpaired) electrons. The molecule has 2 aliphatic rings. The van der Waals surface area contributed by atoms with Crippen LogP contribution in [0.4, 0.5) is 0 Å². The minimum absolute atomic E-state index is 0.334. The van der Waals surface area contributed by atoms with Crippen LogP contribution in [0, 0.1) is 0 Å². The molecule has 3 heterocycles. The van der Waals surface area contributed by atoms with Crippen molar-refractivity contribution in [1.82, 2.24) is 15.5 Å². The van der Waals surface area contributed by atoms with Crippen molar-refractivity contribution in [1.29, 1.82) is 0 Å². The SMILES string of the molecule is CCNC(=NCC(c1cccs1)N1CCCC1)NCC1CCCO1. The molecule has 0 bridgehead atoms. The third kappa shape index (κ3) is 4.94. The third-order valence-electron chi connectivity index (χ3n) is 4.74. The molecular formula is C18H30N4OS. The second kappa shape index (κ2) is 9.39. The molecule has 134 valence electrons. The van der Waals surface area contributed by atoms with Crippen molar-refractivity contribution >= 4 is 17.3 Å². The van der Waals surface area contributed by atoms with Crippen LogP contribution in [-0.4, -0.2) is 56.3 Å². The van der Waals surface area contributed by atoms with E-state index in [2.05, 4.69) is 40.0 Å². The van der Waals surface area contributed by atoms with Crippen LogP contribution in [0.1, 0.15) is 43.5 Å². The zero-order chi connectivity index (χ0) is 16.6. The smallest absolute Gasteiger partial charge is 0.191 e. The highest BCUT2D eigenvalue weighted by Gasteiger charge is 2.24. The largest absolute Gasteiger partial charge is 0.376 e. The lowest BCUT2D eigenvalue weighted by molar-refractivity contribution is 0.113.